The molecule has 2 aliphatic rings. The Bertz CT molecular complexity index is 1150. The molecule has 5 rings (SSSR count). The number of Topliss-reactive ketones (excluding diaryl/α,β-unsaturated/α-hetero) is 1. The smallest absolute Gasteiger partial charge is 0.410 e. The Morgan fingerprint density at radius 3 is 2.76 bits per heavy atom. The molecule has 3 aromatic rings. The molecule has 0 radical (unpaired) electrons. The Morgan fingerprint density at radius 1 is 1.18 bits per heavy atom. The Balaban J connectivity index is 1.24. The molecule has 0 bridgehead atoms. The fourth-order valence-electron chi connectivity index (χ4n) is 4.33. The molecule has 0 atom stereocenters. The standard InChI is InChI=1S/C25H25N3O4S/c26-21-6-4-17(23-2-1-11-33-23)12-19(21)13-22(29)18-3-5-20(27-14-18)15-28-16-25(32-24(28)30)7-9-31-10-8-25/h1-6,11-12,14H,7-10,13,15-16,26H2. The van der Waals surface area contributed by atoms with E-state index in [0.717, 1.165) is 16.0 Å². The summed E-state index contributed by atoms with van der Waals surface area (Å²) < 4.78 is 11.1. The van der Waals surface area contributed by atoms with Crippen LogP contribution in [0.1, 0.15) is 34.5 Å². The molecule has 8 heteroatoms. The predicted octanol–water partition coefficient (Wildman–Crippen LogP) is 4.32. The summed E-state index contributed by atoms with van der Waals surface area (Å²) >= 11 is 1.65. The van der Waals surface area contributed by atoms with Crippen molar-refractivity contribution in [3.8, 4) is 10.4 Å². The molecule has 33 heavy (non-hydrogen) atoms. The molecular formula is C25H25N3O4S. The normalized spacial score (nSPS) is 17.3. The van der Waals surface area contributed by atoms with Crippen LogP contribution in [0.2, 0.25) is 0 Å². The van der Waals surface area contributed by atoms with Crippen LogP contribution in [0, 0.1) is 0 Å². The van der Waals surface area contributed by atoms with Gasteiger partial charge in [-0.25, -0.2) is 4.79 Å². The van der Waals surface area contributed by atoms with Crippen LogP contribution >= 0.6 is 11.3 Å². The van der Waals surface area contributed by atoms with Crippen molar-refractivity contribution in [1.29, 1.82) is 0 Å². The lowest BCUT2D eigenvalue weighted by Gasteiger charge is -2.30. The van der Waals surface area contributed by atoms with E-state index in [0.29, 0.717) is 56.1 Å². The number of hydrogen-bond donors (Lipinski definition) is 1. The van der Waals surface area contributed by atoms with Crippen LogP contribution in [-0.2, 0) is 22.4 Å². The topological polar surface area (TPSA) is 94.8 Å². The van der Waals surface area contributed by atoms with Gasteiger partial charge < -0.3 is 15.2 Å². The summed E-state index contributed by atoms with van der Waals surface area (Å²) in [5, 5.41) is 2.02. The van der Waals surface area contributed by atoms with Crippen LogP contribution in [0.4, 0.5) is 10.5 Å². The van der Waals surface area contributed by atoms with Crippen molar-refractivity contribution >= 4 is 28.9 Å². The van der Waals surface area contributed by atoms with E-state index >= 15 is 0 Å². The van der Waals surface area contributed by atoms with Gasteiger partial charge >= 0.3 is 6.09 Å². The van der Waals surface area contributed by atoms with Crippen molar-refractivity contribution < 1.29 is 19.1 Å². The van der Waals surface area contributed by atoms with Crippen LogP contribution in [0.15, 0.2) is 54.0 Å². The largest absolute Gasteiger partial charge is 0.441 e. The van der Waals surface area contributed by atoms with Crippen molar-refractivity contribution in [2.24, 2.45) is 0 Å². The maximum Gasteiger partial charge on any atom is 0.410 e. The molecule has 2 aromatic heterocycles. The number of nitrogens with two attached hydrogens (primary N) is 1. The van der Waals surface area contributed by atoms with Gasteiger partial charge in [0, 0.05) is 41.6 Å². The first-order valence-corrected chi connectivity index (χ1v) is 11.9. The number of thiophene rings is 1. The number of hydrogen-bond acceptors (Lipinski definition) is 7. The highest BCUT2D eigenvalue weighted by Gasteiger charge is 2.46. The number of pyridine rings is 1. The molecule has 2 N–H and O–H groups in total. The molecule has 2 saturated heterocycles. The van der Waals surface area contributed by atoms with Gasteiger partial charge in [0.15, 0.2) is 5.78 Å². The highest BCUT2D eigenvalue weighted by Crippen LogP contribution is 2.33. The fourth-order valence-corrected chi connectivity index (χ4v) is 5.05. The van der Waals surface area contributed by atoms with E-state index in [1.165, 1.54) is 0 Å². The number of nitrogens with zero attached hydrogens (tertiary/aromatic N) is 2. The summed E-state index contributed by atoms with van der Waals surface area (Å²) in [7, 11) is 0. The molecule has 0 saturated carbocycles. The van der Waals surface area contributed by atoms with E-state index in [9.17, 15) is 9.59 Å². The lowest BCUT2D eigenvalue weighted by Crippen LogP contribution is -2.40. The molecule has 1 aromatic carbocycles. The number of nitrogen functional groups attached to an aromatic ring is 1. The summed E-state index contributed by atoms with van der Waals surface area (Å²) in [5.41, 5.74) is 9.38. The van der Waals surface area contributed by atoms with Gasteiger partial charge in [-0.1, -0.05) is 12.1 Å². The first kappa shape index (κ1) is 21.6. The number of rotatable bonds is 6. The molecule has 170 valence electrons. The number of benzene rings is 1. The number of amides is 1. The first-order chi connectivity index (χ1) is 16.0. The summed E-state index contributed by atoms with van der Waals surface area (Å²) in [6.45, 7) is 2.11. The Hall–Kier alpha value is -3.23. The first-order valence-electron chi connectivity index (χ1n) is 11.0. The van der Waals surface area contributed by atoms with Crippen molar-refractivity contribution in [2.75, 3.05) is 25.5 Å². The molecule has 7 nitrogen and oxygen atoms in total. The van der Waals surface area contributed by atoms with E-state index < -0.39 is 5.60 Å². The highest BCUT2D eigenvalue weighted by molar-refractivity contribution is 7.13. The molecule has 1 amide bonds. The van der Waals surface area contributed by atoms with Crippen LogP contribution in [-0.4, -0.2) is 47.1 Å². The minimum absolute atomic E-state index is 0.0502. The van der Waals surface area contributed by atoms with E-state index in [1.807, 2.05) is 35.7 Å². The van der Waals surface area contributed by atoms with Crippen molar-refractivity contribution in [3.05, 3.63) is 70.9 Å². The Kier molecular flexibility index (Phi) is 5.86. The third-order valence-electron chi connectivity index (χ3n) is 6.24. The average Bonchev–Trinajstić information content (AvgIpc) is 3.45. The van der Waals surface area contributed by atoms with Gasteiger partial charge in [0.25, 0.3) is 0 Å². The summed E-state index contributed by atoms with van der Waals surface area (Å²) in [6, 6.07) is 13.4. The second-order valence-electron chi connectivity index (χ2n) is 8.55. The highest BCUT2D eigenvalue weighted by atomic mass is 32.1. The number of carbonyl (C=O) groups excluding carboxylic acids is 2. The van der Waals surface area contributed by atoms with Crippen molar-refractivity contribution in [1.82, 2.24) is 9.88 Å². The summed E-state index contributed by atoms with van der Waals surface area (Å²) in [4.78, 5) is 32.5. The zero-order valence-corrected chi connectivity index (χ0v) is 19.0. The van der Waals surface area contributed by atoms with Gasteiger partial charge in [0.2, 0.25) is 0 Å². The fraction of sp³-hybridized carbons (Fsp3) is 0.320. The quantitative estimate of drug-likeness (QED) is 0.432. The van der Waals surface area contributed by atoms with E-state index in [1.54, 1.807) is 34.6 Å². The lowest BCUT2D eigenvalue weighted by atomic mass is 9.94. The maximum atomic E-state index is 12.9. The molecule has 2 aliphatic heterocycles. The lowest BCUT2D eigenvalue weighted by molar-refractivity contribution is -0.0437. The minimum Gasteiger partial charge on any atom is -0.441 e. The molecule has 0 unspecified atom stereocenters. The Morgan fingerprint density at radius 2 is 2.03 bits per heavy atom. The number of carbonyl (C=O) groups is 2. The van der Waals surface area contributed by atoms with Crippen LogP contribution in [0.3, 0.4) is 0 Å². The van der Waals surface area contributed by atoms with E-state index in [2.05, 4.69) is 4.98 Å². The molecule has 1 spiro atoms. The molecule has 0 aliphatic carbocycles. The zero-order valence-electron chi connectivity index (χ0n) is 18.2. The second kappa shape index (κ2) is 8.96. The number of ether oxygens (including phenoxy) is 2. The third-order valence-corrected chi connectivity index (χ3v) is 7.16. The van der Waals surface area contributed by atoms with Crippen molar-refractivity contribution in [2.45, 2.75) is 31.4 Å². The van der Waals surface area contributed by atoms with Crippen LogP contribution in [0.25, 0.3) is 10.4 Å². The number of ketones is 1. The van der Waals surface area contributed by atoms with Gasteiger partial charge in [-0.2, -0.15) is 0 Å². The van der Waals surface area contributed by atoms with Crippen LogP contribution in [0.5, 0.6) is 0 Å². The molecule has 4 heterocycles. The van der Waals surface area contributed by atoms with Crippen molar-refractivity contribution in [3.63, 3.8) is 0 Å². The molecular weight excluding hydrogens is 438 g/mol. The maximum absolute atomic E-state index is 12.9. The number of anilines is 1. The summed E-state index contributed by atoms with van der Waals surface area (Å²) in [6.07, 6.45) is 2.89. The van der Waals surface area contributed by atoms with Gasteiger partial charge in [0.1, 0.15) is 5.60 Å². The van der Waals surface area contributed by atoms with Gasteiger partial charge in [0.05, 0.1) is 32.0 Å². The third kappa shape index (κ3) is 4.62. The number of aromatic nitrogens is 1. The van der Waals surface area contributed by atoms with Gasteiger partial charge in [-0.15, -0.1) is 11.3 Å². The SMILES string of the molecule is Nc1ccc(-c2cccs2)cc1CC(=O)c1ccc(CN2CC3(CCOCC3)OC2=O)nc1. The van der Waals surface area contributed by atoms with E-state index in [4.69, 9.17) is 15.2 Å². The average molecular weight is 464 g/mol. The molecule has 2 fully saturated rings. The zero-order chi connectivity index (χ0) is 22.8. The van der Waals surface area contributed by atoms with Gasteiger partial charge in [-0.05, 0) is 46.8 Å². The minimum atomic E-state index is -0.442. The second-order valence-corrected chi connectivity index (χ2v) is 9.50. The predicted molar refractivity (Wildman–Crippen MR) is 126 cm³/mol. The van der Waals surface area contributed by atoms with Crippen LogP contribution < -0.4 is 5.73 Å². The Labute approximate surface area is 196 Å². The summed E-state index contributed by atoms with van der Waals surface area (Å²) in [5.74, 6) is -0.0502. The monoisotopic (exact) mass is 463 g/mol. The van der Waals surface area contributed by atoms with Gasteiger partial charge in [-0.3, -0.25) is 14.7 Å². The van der Waals surface area contributed by atoms with E-state index in [-0.39, 0.29) is 18.3 Å².